The lowest BCUT2D eigenvalue weighted by Gasteiger charge is -2.27. The van der Waals surface area contributed by atoms with Gasteiger partial charge < -0.3 is 9.64 Å². The van der Waals surface area contributed by atoms with Crippen LogP contribution in [0.3, 0.4) is 0 Å². The van der Waals surface area contributed by atoms with Gasteiger partial charge in [-0.2, -0.15) is 0 Å². The van der Waals surface area contributed by atoms with Crippen LogP contribution in [0.25, 0.3) is 11.3 Å². The van der Waals surface area contributed by atoms with E-state index in [2.05, 4.69) is 4.98 Å². The molecule has 4 heteroatoms. The Morgan fingerprint density at radius 2 is 1.79 bits per heavy atom. The molecule has 0 spiro atoms. The van der Waals surface area contributed by atoms with Gasteiger partial charge in [-0.25, -0.2) is 0 Å². The van der Waals surface area contributed by atoms with E-state index in [4.69, 9.17) is 4.74 Å². The quantitative estimate of drug-likeness (QED) is 0.848. The summed E-state index contributed by atoms with van der Waals surface area (Å²) in [5.74, 6) is 0.911. The Morgan fingerprint density at radius 1 is 1.08 bits per heavy atom. The number of likely N-dealkylation sites (tertiary alicyclic amines) is 1. The minimum absolute atomic E-state index is 0.0836. The van der Waals surface area contributed by atoms with E-state index in [1.165, 1.54) is 6.42 Å². The SMILES string of the molecule is CC(C)Oc1ccc(-c2ncccc2C(=O)N2CCCCC2)cc1. The molecule has 1 aromatic carbocycles. The van der Waals surface area contributed by atoms with E-state index in [9.17, 15) is 4.79 Å². The van der Waals surface area contributed by atoms with Crippen molar-refractivity contribution < 1.29 is 9.53 Å². The van der Waals surface area contributed by atoms with Crippen molar-refractivity contribution in [3.63, 3.8) is 0 Å². The van der Waals surface area contributed by atoms with Crippen LogP contribution in [0.4, 0.5) is 0 Å². The molecule has 3 rings (SSSR count). The molecule has 24 heavy (non-hydrogen) atoms. The monoisotopic (exact) mass is 324 g/mol. The van der Waals surface area contributed by atoms with Gasteiger partial charge in [0.25, 0.3) is 5.91 Å². The van der Waals surface area contributed by atoms with Gasteiger partial charge in [0.05, 0.1) is 17.4 Å². The third-order valence-corrected chi connectivity index (χ3v) is 4.18. The van der Waals surface area contributed by atoms with Gasteiger partial charge in [-0.3, -0.25) is 9.78 Å². The number of rotatable bonds is 4. The largest absolute Gasteiger partial charge is 0.491 e. The zero-order valence-corrected chi connectivity index (χ0v) is 14.4. The van der Waals surface area contributed by atoms with Crippen molar-refractivity contribution in [2.75, 3.05) is 13.1 Å². The number of ether oxygens (including phenoxy) is 1. The molecule has 0 radical (unpaired) electrons. The summed E-state index contributed by atoms with van der Waals surface area (Å²) < 4.78 is 5.68. The topological polar surface area (TPSA) is 42.4 Å². The number of amides is 1. The van der Waals surface area contributed by atoms with Crippen LogP contribution in [0.1, 0.15) is 43.5 Å². The molecule has 0 saturated carbocycles. The molecule has 1 aliphatic heterocycles. The highest BCUT2D eigenvalue weighted by Crippen LogP contribution is 2.26. The summed E-state index contributed by atoms with van der Waals surface area (Å²) >= 11 is 0. The number of benzene rings is 1. The van der Waals surface area contributed by atoms with E-state index in [-0.39, 0.29) is 12.0 Å². The lowest BCUT2D eigenvalue weighted by atomic mass is 10.0. The Kier molecular flexibility index (Phi) is 5.14. The number of hydrogen-bond acceptors (Lipinski definition) is 3. The van der Waals surface area contributed by atoms with Gasteiger partial charge in [-0.1, -0.05) is 0 Å². The predicted molar refractivity (Wildman–Crippen MR) is 95.2 cm³/mol. The Bertz CT molecular complexity index is 689. The summed E-state index contributed by atoms with van der Waals surface area (Å²) in [6.45, 7) is 5.69. The van der Waals surface area contributed by atoms with Crippen LogP contribution in [0, 0.1) is 0 Å². The summed E-state index contributed by atoms with van der Waals surface area (Å²) in [6.07, 6.45) is 5.26. The summed E-state index contributed by atoms with van der Waals surface area (Å²) in [4.78, 5) is 19.3. The Balaban J connectivity index is 1.87. The van der Waals surface area contributed by atoms with Gasteiger partial charge in [0, 0.05) is 24.8 Å². The van der Waals surface area contributed by atoms with E-state index >= 15 is 0 Å². The van der Waals surface area contributed by atoms with Crippen molar-refractivity contribution in [3.8, 4) is 17.0 Å². The number of aromatic nitrogens is 1. The second kappa shape index (κ2) is 7.47. The van der Waals surface area contributed by atoms with Gasteiger partial charge >= 0.3 is 0 Å². The first-order chi connectivity index (χ1) is 11.6. The molecule has 4 nitrogen and oxygen atoms in total. The molecule has 2 aromatic rings. The van der Waals surface area contributed by atoms with Crippen LogP contribution >= 0.6 is 0 Å². The second-order valence-corrected chi connectivity index (χ2v) is 6.44. The number of pyridine rings is 1. The third kappa shape index (κ3) is 3.75. The van der Waals surface area contributed by atoms with E-state index in [1.807, 2.05) is 55.1 Å². The molecule has 0 bridgehead atoms. The van der Waals surface area contributed by atoms with Crippen molar-refractivity contribution in [2.45, 2.75) is 39.2 Å². The molecule has 1 fully saturated rings. The van der Waals surface area contributed by atoms with Crippen molar-refractivity contribution in [3.05, 3.63) is 48.2 Å². The summed E-state index contributed by atoms with van der Waals surface area (Å²) in [6, 6.07) is 11.5. The maximum absolute atomic E-state index is 12.9. The van der Waals surface area contributed by atoms with Crippen LogP contribution in [0.5, 0.6) is 5.75 Å². The normalized spacial score (nSPS) is 14.7. The van der Waals surface area contributed by atoms with Gasteiger partial charge in [-0.05, 0) is 69.5 Å². The van der Waals surface area contributed by atoms with E-state index in [0.717, 1.165) is 42.9 Å². The number of piperidine rings is 1. The molecular weight excluding hydrogens is 300 g/mol. The molecule has 1 aliphatic rings. The Hall–Kier alpha value is -2.36. The van der Waals surface area contributed by atoms with Gasteiger partial charge in [0.2, 0.25) is 0 Å². The minimum atomic E-state index is 0.0836. The zero-order valence-electron chi connectivity index (χ0n) is 14.4. The second-order valence-electron chi connectivity index (χ2n) is 6.44. The number of carbonyl (C=O) groups excluding carboxylic acids is 1. The minimum Gasteiger partial charge on any atom is -0.491 e. The van der Waals surface area contributed by atoms with Crippen molar-refractivity contribution >= 4 is 5.91 Å². The number of hydrogen-bond donors (Lipinski definition) is 0. The third-order valence-electron chi connectivity index (χ3n) is 4.18. The molecule has 0 aliphatic carbocycles. The number of carbonyl (C=O) groups is 1. The molecule has 1 amide bonds. The fourth-order valence-corrected chi connectivity index (χ4v) is 3.04. The van der Waals surface area contributed by atoms with Gasteiger partial charge in [-0.15, -0.1) is 0 Å². The molecule has 0 atom stereocenters. The zero-order chi connectivity index (χ0) is 16.9. The molecule has 1 saturated heterocycles. The first-order valence-corrected chi connectivity index (χ1v) is 8.66. The summed E-state index contributed by atoms with van der Waals surface area (Å²) in [5.41, 5.74) is 2.35. The van der Waals surface area contributed by atoms with Crippen LogP contribution in [0.15, 0.2) is 42.6 Å². The van der Waals surface area contributed by atoms with Crippen molar-refractivity contribution in [1.29, 1.82) is 0 Å². The highest BCUT2D eigenvalue weighted by Gasteiger charge is 2.21. The standard InChI is InChI=1S/C20H24N2O2/c1-15(2)24-17-10-8-16(9-11-17)19-18(7-6-12-21-19)20(23)22-13-4-3-5-14-22/h6-12,15H,3-5,13-14H2,1-2H3. The van der Waals surface area contributed by atoms with E-state index < -0.39 is 0 Å². The first kappa shape index (κ1) is 16.5. The Morgan fingerprint density at radius 3 is 2.46 bits per heavy atom. The smallest absolute Gasteiger partial charge is 0.256 e. The van der Waals surface area contributed by atoms with Crippen LogP contribution in [-0.4, -0.2) is 35.0 Å². The maximum Gasteiger partial charge on any atom is 0.256 e. The summed E-state index contributed by atoms with van der Waals surface area (Å²) in [7, 11) is 0. The lowest BCUT2D eigenvalue weighted by Crippen LogP contribution is -2.35. The molecule has 0 unspecified atom stereocenters. The fraction of sp³-hybridized carbons (Fsp3) is 0.400. The highest BCUT2D eigenvalue weighted by molar-refractivity contribution is 5.99. The average Bonchev–Trinajstić information content (AvgIpc) is 2.62. The van der Waals surface area contributed by atoms with Crippen LogP contribution in [0.2, 0.25) is 0 Å². The van der Waals surface area contributed by atoms with Gasteiger partial charge in [0.1, 0.15) is 5.75 Å². The van der Waals surface area contributed by atoms with E-state index in [0.29, 0.717) is 5.56 Å². The first-order valence-electron chi connectivity index (χ1n) is 8.66. The fourth-order valence-electron chi connectivity index (χ4n) is 3.04. The van der Waals surface area contributed by atoms with Gasteiger partial charge in [0.15, 0.2) is 0 Å². The van der Waals surface area contributed by atoms with E-state index in [1.54, 1.807) is 6.20 Å². The van der Waals surface area contributed by atoms with Crippen molar-refractivity contribution in [1.82, 2.24) is 9.88 Å². The van der Waals surface area contributed by atoms with Crippen LogP contribution < -0.4 is 4.74 Å². The molecule has 1 aromatic heterocycles. The molecular formula is C20H24N2O2. The van der Waals surface area contributed by atoms with Crippen molar-refractivity contribution in [2.24, 2.45) is 0 Å². The average molecular weight is 324 g/mol. The maximum atomic E-state index is 12.9. The summed E-state index contributed by atoms with van der Waals surface area (Å²) in [5, 5.41) is 0. The lowest BCUT2D eigenvalue weighted by molar-refractivity contribution is 0.0725. The number of nitrogens with zero attached hydrogens (tertiary/aromatic N) is 2. The predicted octanol–water partition coefficient (Wildman–Crippen LogP) is 4.16. The molecule has 126 valence electrons. The highest BCUT2D eigenvalue weighted by atomic mass is 16.5. The molecule has 0 N–H and O–H groups in total. The van der Waals surface area contributed by atoms with Crippen LogP contribution in [-0.2, 0) is 0 Å². The Labute approximate surface area is 143 Å². The molecule has 2 heterocycles.